The van der Waals surface area contributed by atoms with E-state index < -0.39 is 11.4 Å². The van der Waals surface area contributed by atoms with Crippen LogP contribution < -0.4 is 5.43 Å². The Hall–Kier alpha value is -3.09. The molecule has 7 nitrogen and oxygen atoms in total. The van der Waals surface area contributed by atoms with E-state index in [0.29, 0.717) is 12.2 Å². The number of nitrogens with zero attached hydrogens (tertiary/aromatic N) is 3. The van der Waals surface area contributed by atoms with Gasteiger partial charge < -0.3 is 14.1 Å². The maximum atomic E-state index is 12.3. The first-order valence-electron chi connectivity index (χ1n) is 8.36. The van der Waals surface area contributed by atoms with Gasteiger partial charge in [0.05, 0.1) is 42.2 Å². The monoisotopic (exact) mass is 353 g/mol. The third-order valence-electron chi connectivity index (χ3n) is 4.85. The maximum Gasteiger partial charge on any atom is 0.341 e. The molecule has 0 fully saturated rings. The van der Waals surface area contributed by atoms with E-state index in [1.54, 1.807) is 12.5 Å². The molecule has 0 aliphatic carbocycles. The zero-order chi connectivity index (χ0) is 18.6. The lowest BCUT2D eigenvalue weighted by Gasteiger charge is -2.38. The molecule has 4 heterocycles. The summed E-state index contributed by atoms with van der Waals surface area (Å²) in [6.45, 7) is 6.86. The smallest absolute Gasteiger partial charge is 0.341 e. The summed E-state index contributed by atoms with van der Waals surface area (Å²) in [4.78, 5) is 23.7. The highest BCUT2D eigenvalue weighted by atomic mass is 16.4. The summed E-state index contributed by atoms with van der Waals surface area (Å²) in [6.07, 6.45) is 4.67. The lowest BCUT2D eigenvalue weighted by molar-refractivity contribution is 0.0693. The van der Waals surface area contributed by atoms with Gasteiger partial charge in [0.15, 0.2) is 5.43 Å². The van der Waals surface area contributed by atoms with Crippen molar-refractivity contribution in [2.75, 3.05) is 0 Å². The molecule has 4 rings (SSSR count). The van der Waals surface area contributed by atoms with Gasteiger partial charge in [0, 0.05) is 17.8 Å². The van der Waals surface area contributed by atoms with E-state index in [-0.39, 0.29) is 17.0 Å². The van der Waals surface area contributed by atoms with Crippen molar-refractivity contribution in [3.05, 3.63) is 52.7 Å². The fourth-order valence-corrected chi connectivity index (χ4v) is 3.43. The van der Waals surface area contributed by atoms with E-state index in [0.717, 1.165) is 17.0 Å². The molecule has 0 radical (unpaired) electrons. The number of fused-ring (bicyclic) bond motifs is 3. The fourth-order valence-electron chi connectivity index (χ4n) is 3.43. The molecule has 1 aliphatic rings. The first-order valence-corrected chi connectivity index (χ1v) is 8.36. The van der Waals surface area contributed by atoms with Crippen molar-refractivity contribution in [1.29, 1.82) is 0 Å². The Morgan fingerprint density at radius 3 is 2.69 bits per heavy atom. The molecule has 0 saturated carbocycles. The minimum atomic E-state index is -1.21. The van der Waals surface area contributed by atoms with E-state index in [9.17, 15) is 14.7 Å². The maximum absolute atomic E-state index is 12.3. The largest absolute Gasteiger partial charge is 0.477 e. The van der Waals surface area contributed by atoms with Gasteiger partial charge in [-0.05, 0) is 17.5 Å². The normalized spacial score (nSPS) is 16.2. The number of carbonyl (C=O) groups is 1. The molecule has 3 aromatic heterocycles. The average molecular weight is 353 g/mol. The van der Waals surface area contributed by atoms with Crippen molar-refractivity contribution < 1.29 is 14.3 Å². The topological polar surface area (TPSA) is 90.3 Å². The Morgan fingerprint density at radius 1 is 1.31 bits per heavy atom. The molecule has 0 unspecified atom stereocenters. The highest BCUT2D eigenvalue weighted by Crippen LogP contribution is 2.40. The molecule has 0 bridgehead atoms. The second-order valence-electron chi connectivity index (χ2n) is 7.64. The Bertz CT molecular complexity index is 1050. The van der Waals surface area contributed by atoms with Crippen LogP contribution in [0.4, 0.5) is 0 Å². The predicted molar refractivity (Wildman–Crippen MR) is 95.1 cm³/mol. The van der Waals surface area contributed by atoms with Gasteiger partial charge >= 0.3 is 5.97 Å². The fraction of sp³-hybridized carbons (Fsp3) is 0.316. The van der Waals surface area contributed by atoms with Gasteiger partial charge in [-0.15, -0.1) is 0 Å². The zero-order valence-corrected chi connectivity index (χ0v) is 14.8. The quantitative estimate of drug-likeness (QED) is 0.763. The Kier molecular flexibility index (Phi) is 3.44. The van der Waals surface area contributed by atoms with Crippen molar-refractivity contribution >= 4 is 5.97 Å². The highest BCUT2D eigenvalue weighted by molar-refractivity contribution is 5.87. The number of hydrogen-bond donors (Lipinski definition) is 1. The molecule has 134 valence electrons. The van der Waals surface area contributed by atoms with E-state index in [4.69, 9.17) is 4.42 Å². The number of aromatic nitrogens is 3. The van der Waals surface area contributed by atoms with Crippen LogP contribution >= 0.6 is 0 Å². The number of hydrogen-bond acceptors (Lipinski definition) is 4. The lowest BCUT2D eigenvalue weighted by Crippen LogP contribution is -2.35. The van der Waals surface area contributed by atoms with Gasteiger partial charge in [0.1, 0.15) is 5.56 Å². The van der Waals surface area contributed by atoms with Crippen molar-refractivity contribution in [2.45, 2.75) is 33.4 Å². The van der Waals surface area contributed by atoms with Gasteiger partial charge in [-0.3, -0.25) is 9.48 Å². The molecule has 3 aromatic rings. The van der Waals surface area contributed by atoms with Crippen molar-refractivity contribution in [3.8, 4) is 22.6 Å². The van der Waals surface area contributed by atoms with E-state index in [2.05, 4.69) is 25.9 Å². The van der Waals surface area contributed by atoms with Gasteiger partial charge in [-0.25, -0.2) is 4.79 Å². The summed E-state index contributed by atoms with van der Waals surface area (Å²) < 4.78 is 8.92. The molecular weight excluding hydrogens is 334 g/mol. The van der Waals surface area contributed by atoms with Crippen LogP contribution in [0.5, 0.6) is 0 Å². The molecule has 0 spiro atoms. The minimum absolute atomic E-state index is 0.0409. The van der Waals surface area contributed by atoms with Crippen LogP contribution in [0.1, 0.15) is 37.2 Å². The number of aromatic carboxylic acids is 1. The number of furan rings is 1. The number of carboxylic acid groups (broad SMARTS) is 1. The molecule has 0 saturated heterocycles. The van der Waals surface area contributed by atoms with Crippen molar-refractivity contribution in [3.63, 3.8) is 0 Å². The van der Waals surface area contributed by atoms with Crippen LogP contribution in [0.15, 0.2) is 46.1 Å². The second-order valence-corrected chi connectivity index (χ2v) is 7.64. The Balaban J connectivity index is 1.96. The first-order chi connectivity index (χ1) is 12.3. The molecule has 1 atom stereocenters. The van der Waals surface area contributed by atoms with E-state index >= 15 is 0 Å². The summed E-state index contributed by atoms with van der Waals surface area (Å²) in [6, 6.07) is 5.08. The summed E-state index contributed by atoms with van der Waals surface area (Å²) in [5.74, 6) is -1.21. The Labute approximate surface area is 149 Å². The molecule has 1 N–H and O–H groups in total. The third-order valence-corrected chi connectivity index (χ3v) is 4.85. The van der Waals surface area contributed by atoms with Crippen molar-refractivity contribution in [1.82, 2.24) is 14.3 Å². The molecular formula is C19H19N3O4. The zero-order valence-electron chi connectivity index (χ0n) is 14.8. The minimum Gasteiger partial charge on any atom is -0.477 e. The van der Waals surface area contributed by atoms with Gasteiger partial charge in [0.2, 0.25) is 0 Å². The highest BCUT2D eigenvalue weighted by Gasteiger charge is 2.34. The van der Waals surface area contributed by atoms with Crippen LogP contribution in [-0.2, 0) is 6.54 Å². The van der Waals surface area contributed by atoms with Crippen LogP contribution in [0, 0.1) is 5.41 Å². The summed E-state index contributed by atoms with van der Waals surface area (Å²) in [5, 5.41) is 14.0. The number of pyridine rings is 1. The summed E-state index contributed by atoms with van der Waals surface area (Å²) in [5.41, 5.74) is 2.20. The standard InChI is InChI=1S/C19H19N3O4/c1-19(2,3)17-9-22-15(6-13(20-22)11-4-5-26-10-11)14-7-16(23)12(18(24)25)8-21(14)17/h4-8,10,17H,9H2,1-3H3,(H,24,25)/t17-/m0/s1. The van der Waals surface area contributed by atoms with Gasteiger partial charge in [0.25, 0.3) is 0 Å². The van der Waals surface area contributed by atoms with Gasteiger partial charge in [-0.2, -0.15) is 5.10 Å². The predicted octanol–water partition coefficient (Wildman–Crippen LogP) is 3.27. The second kappa shape index (κ2) is 5.45. The molecule has 1 aliphatic heterocycles. The first kappa shape index (κ1) is 16.4. The van der Waals surface area contributed by atoms with Crippen LogP contribution in [0.2, 0.25) is 0 Å². The third kappa shape index (κ3) is 2.47. The SMILES string of the molecule is CC(C)(C)[C@@H]1Cn2nc(-c3ccoc3)cc2-c2cc(=O)c(C(=O)O)cn21. The molecule has 0 amide bonds. The average Bonchev–Trinajstić information content (AvgIpc) is 3.21. The Morgan fingerprint density at radius 2 is 2.08 bits per heavy atom. The molecule has 26 heavy (non-hydrogen) atoms. The van der Waals surface area contributed by atoms with E-state index in [1.807, 2.05) is 21.4 Å². The van der Waals surface area contributed by atoms with E-state index in [1.165, 1.54) is 12.3 Å². The number of carboxylic acids is 1. The van der Waals surface area contributed by atoms with Crippen LogP contribution in [0.3, 0.4) is 0 Å². The number of rotatable bonds is 2. The van der Waals surface area contributed by atoms with Crippen LogP contribution in [0.25, 0.3) is 22.6 Å². The molecule has 0 aromatic carbocycles. The van der Waals surface area contributed by atoms with Crippen molar-refractivity contribution in [2.24, 2.45) is 5.41 Å². The van der Waals surface area contributed by atoms with Crippen LogP contribution in [-0.4, -0.2) is 25.4 Å². The lowest BCUT2D eigenvalue weighted by atomic mass is 9.85. The summed E-state index contributed by atoms with van der Waals surface area (Å²) in [7, 11) is 0. The van der Waals surface area contributed by atoms with Gasteiger partial charge in [-0.1, -0.05) is 20.8 Å². The molecule has 7 heteroatoms. The summed E-state index contributed by atoms with van der Waals surface area (Å²) >= 11 is 0.